The highest BCUT2D eigenvalue weighted by Gasteiger charge is 2.11. The number of hydrogen-bond donors (Lipinski definition) is 2. The largest absolute Gasteiger partial charge is 0.381 e. The molecule has 0 bridgehead atoms. The second-order valence-corrected chi connectivity index (χ2v) is 4.70. The fourth-order valence-electron chi connectivity index (χ4n) is 1.77. The van der Waals surface area contributed by atoms with Gasteiger partial charge in [-0.2, -0.15) is 8.78 Å². The topological polar surface area (TPSA) is 63.5 Å². The molecule has 1 rings (SSSR count). The highest BCUT2D eigenvalue weighted by atomic mass is 19.3. The summed E-state index contributed by atoms with van der Waals surface area (Å²) in [5, 5.41) is 6.07. The van der Waals surface area contributed by atoms with Crippen molar-refractivity contribution in [2.45, 2.75) is 39.3 Å². The fourth-order valence-corrected chi connectivity index (χ4v) is 1.77. The van der Waals surface area contributed by atoms with E-state index in [2.05, 4.69) is 27.5 Å². The van der Waals surface area contributed by atoms with Gasteiger partial charge in [0.25, 0.3) is 0 Å². The molecule has 0 atom stereocenters. The summed E-state index contributed by atoms with van der Waals surface area (Å²) in [4.78, 5) is 7.94. The van der Waals surface area contributed by atoms with Gasteiger partial charge in [-0.1, -0.05) is 13.3 Å². The Balaban J connectivity index is 2.21. The number of ether oxygens (including phenoxy) is 1. The summed E-state index contributed by atoms with van der Waals surface area (Å²) in [7, 11) is 1.63. The molecule has 0 saturated carbocycles. The van der Waals surface area contributed by atoms with Gasteiger partial charge in [0.1, 0.15) is 5.82 Å². The van der Waals surface area contributed by atoms with Crippen LogP contribution in [0.15, 0.2) is 17.4 Å². The maximum absolute atomic E-state index is 12.7. The maximum Gasteiger partial charge on any atom is 0.319 e. The Morgan fingerprint density at radius 3 is 2.82 bits per heavy atom. The van der Waals surface area contributed by atoms with Gasteiger partial charge in [0, 0.05) is 39.2 Å². The van der Waals surface area contributed by atoms with Crippen molar-refractivity contribution in [3.05, 3.63) is 18.2 Å². The van der Waals surface area contributed by atoms with Crippen molar-refractivity contribution in [3.63, 3.8) is 0 Å². The monoisotopic (exact) mass is 317 g/mol. The van der Waals surface area contributed by atoms with Crippen LogP contribution >= 0.6 is 0 Å². The summed E-state index contributed by atoms with van der Waals surface area (Å²) in [6.07, 6.45) is 5.67. The predicted molar refractivity (Wildman–Crippen MR) is 82.0 cm³/mol. The van der Waals surface area contributed by atoms with E-state index in [1.54, 1.807) is 7.05 Å². The molecule has 0 saturated heterocycles. The fraction of sp³-hybridized carbons (Fsp3) is 0.714. The zero-order valence-electron chi connectivity index (χ0n) is 13.2. The molecule has 126 valence electrons. The van der Waals surface area contributed by atoms with E-state index in [1.807, 2.05) is 0 Å². The molecular weight excluding hydrogens is 292 g/mol. The van der Waals surface area contributed by atoms with Crippen molar-refractivity contribution in [2.24, 2.45) is 4.99 Å². The molecule has 22 heavy (non-hydrogen) atoms. The van der Waals surface area contributed by atoms with Gasteiger partial charge in [-0.3, -0.25) is 9.56 Å². The molecule has 8 heteroatoms. The minimum absolute atomic E-state index is 0.185. The number of hydrogen-bond acceptors (Lipinski definition) is 3. The highest BCUT2D eigenvalue weighted by Crippen LogP contribution is 2.11. The number of halogens is 2. The van der Waals surface area contributed by atoms with E-state index in [9.17, 15) is 8.78 Å². The van der Waals surface area contributed by atoms with Crippen LogP contribution in [-0.4, -0.2) is 42.3 Å². The Bertz CT molecular complexity index is 437. The van der Waals surface area contributed by atoms with E-state index < -0.39 is 6.55 Å². The summed E-state index contributed by atoms with van der Waals surface area (Å²) < 4.78 is 31.6. The molecule has 0 spiro atoms. The molecule has 0 radical (unpaired) electrons. The number of nitrogens with zero attached hydrogens (tertiary/aromatic N) is 3. The van der Waals surface area contributed by atoms with Crippen LogP contribution in [0.25, 0.3) is 0 Å². The average molecular weight is 317 g/mol. The summed E-state index contributed by atoms with van der Waals surface area (Å²) in [6.45, 7) is 1.91. The lowest BCUT2D eigenvalue weighted by atomic mass is 10.4. The summed E-state index contributed by atoms with van der Waals surface area (Å²) in [6, 6.07) is 0. The number of unbranched alkanes of at least 4 members (excludes halogenated alkanes) is 1. The van der Waals surface area contributed by atoms with Crippen LogP contribution in [0.1, 0.15) is 38.6 Å². The van der Waals surface area contributed by atoms with E-state index in [4.69, 9.17) is 4.74 Å². The van der Waals surface area contributed by atoms with E-state index >= 15 is 0 Å². The average Bonchev–Trinajstić information content (AvgIpc) is 2.98. The third-order valence-electron chi connectivity index (χ3n) is 3.00. The van der Waals surface area contributed by atoms with Gasteiger partial charge in [0.15, 0.2) is 5.96 Å². The molecule has 1 aromatic heterocycles. The third kappa shape index (κ3) is 6.84. The van der Waals surface area contributed by atoms with Crippen LogP contribution in [0, 0.1) is 0 Å². The van der Waals surface area contributed by atoms with Crippen molar-refractivity contribution >= 4 is 5.96 Å². The molecule has 6 nitrogen and oxygen atoms in total. The van der Waals surface area contributed by atoms with Crippen LogP contribution in [0.5, 0.6) is 0 Å². The first kappa shape index (κ1) is 18.3. The van der Waals surface area contributed by atoms with Crippen molar-refractivity contribution < 1.29 is 13.5 Å². The lowest BCUT2D eigenvalue weighted by Gasteiger charge is -2.12. The third-order valence-corrected chi connectivity index (χ3v) is 3.00. The van der Waals surface area contributed by atoms with Crippen LogP contribution in [-0.2, 0) is 11.3 Å². The molecule has 0 unspecified atom stereocenters. The Morgan fingerprint density at radius 2 is 2.14 bits per heavy atom. The molecule has 0 aromatic carbocycles. The minimum Gasteiger partial charge on any atom is -0.381 e. The van der Waals surface area contributed by atoms with E-state index in [0.717, 1.165) is 30.4 Å². The summed E-state index contributed by atoms with van der Waals surface area (Å²) >= 11 is 0. The van der Waals surface area contributed by atoms with Crippen molar-refractivity contribution in [3.8, 4) is 0 Å². The van der Waals surface area contributed by atoms with Gasteiger partial charge in [-0.15, -0.1) is 0 Å². The Kier molecular flexibility index (Phi) is 9.13. The predicted octanol–water partition coefficient (Wildman–Crippen LogP) is 2.15. The van der Waals surface area contributed by atoms with Gasteiger partial charge in [0.2, 0.25) is 0 Å². The first-order chi connectivity index (χ1) is 10.7. The molecule has 0 amide bonds. The number of alkyl halides is 2. The Labute approximate surface area is 130 Å². The lowest BCUT2D eigenvalue weighted by Crippen LogP contribution is -2.38. The highest BCUT2D eigenvalue weighted by molar-refractivity contribution is 5.79. The SMILES string of the molecule is CCCCOCCCNC(=NC)NCc1nccn1C(F)F. The maximum atomic E-state index is 12.7. The second-order valence-electron chi connectivity index (χ2n) is 4.70. The van der Waals surface area contributed by atoms with Gasteiger partial charge in [0.05, 0.1) is 6.54 Å². The zero-order valence-corrected chi connectivity index (χ0v) is 13.2. The number of aliphatic imine (C=N–C) groups is 1. The zero-order chi connectivity index (χ0) is 16.2. The lowest BCUT2D eigenvalue weighted by molar-refractivity contribution is 0.0668. The molecule has 1 aromatic rings. The van der Waals surface area contributed by atoms with E-state index in [-0.39, 0.29) is 12.4 Å². The van der Waals surface area contributed by atoms with E-state index in [0.29, 0.717) is 19.1 Å². The normalized spacial score (nSPS) is 12.0. The summed E-state index contributed by atoms with van der Waals surface area (Å²) in [5.41, 5.74) is 0. The van der Waals surface area contributed by atoms with Crippen LogP contribution in [0.2, 0.25) is 0 Å². The van der Waals surface area contributed by atoms with Crippen LogP contribution in [0.4, 0.5) is 8.78 Å². The molecule has 1 heterocycles. The van der Waals surface area contributed by atoms with E-state index in [1.165, 1.54) is 12.4 Å². The van der Waals surface area contributed by atoms with Gasteiger partial charge in [-0.05, 0) is 12.8 Å². The first-order valence-corrected chi connectivity index (χ1v) is 7.51. The molecular formula is C14H25F2N5O. The van der Waals surface area contributed by atoms with Crippen molar-refractivity contribution in [2.75, 3.05) is 26.8 Å². The Hall–Kier alpha value is -1.70. The van der Waals surface area contributed by atoms with Crippen molar-refractivity contribution in [1.82, 2.24) is 20.2 Å². The number of nitrogens with one attached hydrogen (secondary N) is 2. The molecule has 0 aliphatic heterocycles. The number of aromatic nitrogens is 2. The van der Waals surface area contributed by atoms with Gasteiger partial charge >= 0.3 is 6.55 Å². The van der Waals surface area contributed by atoms with Crippen LogP contribution in [0.3, 0.4) is 0 Å². The first-order valence-electron chi connectivity index (χ1n) is 7.51. The van der Waals surface area contributed by atoms with Crippen LogP contribution < -0.4 is 10.6 Å². The summed E-state index contributed by atoms with van der Waals surface area (Å²) in [5.74, 6) is 0.818. The molecule has 0 aliphatic rings. The van der Waals surface area contributed by atoms with Gasteiger partial charge < -0.3 is 15.4 Å². The standard InChI is InChI=1S/C14H25F2N5O/c1-3-4-9-22-10-5-6-19-14(17-2)20-11-12-18-7-8-21(12)13(15)16/h7-8,13H,3-6,9-11H2,1-2H3,(H2,17,19,20). The van der Waals surface area contributed by atoms with Gasteiger partial charge in [-0.25, -0.2) is 4.98 Å². The Morgan fingerprint density at radius 1 is 1.36 bits per heavy atom. The molecule has 0 fully saturated rings. The minimum atomic E-state index is -2.59. The molecule has 2 N–H and O–H groups in total. The molecule has 0 aliphatic carbocycles. The second kappa shape index (κ2) is 10.9. The number of imidazole rings is 1. The number of rotatable bonds is 10. The smallest absolute Gasteiger partial charge is 0.319 e. The quantitative estimate of drug-likeness (QED) is 0.394. The number of guanidine groups is 1. The van der Waals surface area contributed by atoms with Crippen molar-refractivity contribution in [1.29, 1.82) is 0 Å².